The van der Waals surface area contributed by atoms with Crippen molar-refractivity contribution < 1.29 is 18.9 Å². The number of methoxy groups -OCH3 is 1. The lowest BCUT2D eigenvalue weighted by atomic mass is 9.98. The zero-order valence-electron chi connectivity index (χ0n) is 20.8. The number of amides is 1. The lowest BCUT2D eigenvalue weighted by Gasteiger charge is -2.14. The first-order chi connectivity index (χ1) is 19.0. The van der Waals surface area contributed by atoms with Crippen LogP contribution in [-0.2, 0) is 6.54 Å². The van der Waals surface area contributed by atoms with Crippen molar-refractivity contribution in [2.75, 3.05) is 12.4 Å². The largest absolute Gasteiger partial charge is 0.490 e. The lowest BCUT2D eigenvalue weighted by molar-refractivity contribution is -0.385. The van der Waals surface area contributed by atoms with E-state index in [0.29, 0.717) is 17.0 Å². The second kappa shape index (κ2) is 10.8. The standard InChI is InChI=1S/C30H22N4O5/c1-38-26-15-14-22(17-25(26)34(36)37)30(35)32-29-24(18-31)27(20-9-4-2-5-10-20)28(21-11-6-3-7-12-21)33(29)19-23-13-8-16-39-23/h2-17H,19H2,1H3,(H,32,35). The second-order valence-electron chi connectivity index (χ2n) is 8.55. The van der Waals surface area contributed by atoms with Crippen molar-refractivity contribution in [3.8, 4) is 34.2 Å². The van der Waals surface area contributed by atoms with Gasteiger partial charge in [0.1, 0.15) is 23.2 Å². The van der Waals surface area contributed by atoms with Crippen molar-refractivity contribution in [1.29, 1.82) is 5.26 Å². The highest BCUT2D eigenvalue weighted by molar-refractivity contribution is 6.07. The Morgan fingerprint density at radius 2 is 1.72 bits per heavy atom. The molecule has 0 saturated carbocycles. The molecule has 0 atom stereocenters. The van der Waals surface area contributed by atoms with Crippen LogP contribution in [0.1, 0.15) is 21.7 Å². The number of furan rings is 1. The maximum Gasteiger partial charge on any atom is 0.311 e. The minimum atomic E-state index is -0.616. The van der Waals surface area contributed by atoms with Crippen LogP contribution < -0.4 is 10.1 Å². The topological polar surface area (TPSA) is 123 Å². The summed E-state index contributed by atoms with van der Waals surface area (Å²) in [7, 11) is 1.32. The number of benzene rings is 3. The molecule has 0 aliphatic heterocycles. The number of nitro groups is 1. The minimum absolute atomic E-state index is 0.0354. The predicted molar refractivity (Wildman–Crippen MR) is 145 cm³/mol. The average Bonchev–Trinajstić information content (AvgIpc) is 3.59. The van der Waals surface area contributed by atoms with Crippen LogP contribution in [0.3, 0.4) is 0 Å². The lowest BCUT2D eigenvalue weighted by Crippen LogP contribution is -2.17. The molecule has 9 nitrogen and oxygen atoms in total. The Morgan fingerprint density at radius 3 is 2.31 bits per heavy atom. The highest BCUT2D eigenvalue weighted by atomic mass is 16.6. The van der Waals surface area contributed by atoms with E-state index >= 15 is 0 Å². The van der Waals surface area contributed by atoms with Crippen LogP contribution in [0.2, 0.25) is 0 Å². The van der Waals surface area contributed by atoms with Crippen molar-refractivity contribution in [3.05, 3.63) is 124 Å². The SMILES string of the molecule is COc1ccc(C(=O)Nc2c(C#N)c(-c3ccccc3)c(-c3ccccc3)n2Cc2ccco2)cc1[N+](=O)[O-]. The first-order valence-electron chi connectivity index (χ1n) is 12.0. The van der Waals surface area contributed by atoms with Crippen LogP contribution in [0.15, 0.2) is 102 Å². The number of carbonyl (C=O) groups excluding carboxylic acids is 1. The van der Waals surface area contributed by atoms with Gasteiger partial charge in [0.15, 0.2) is 5.75 Å². The molecule has 0 fully saturated rings. The number of hydrogen-bond donors (Lipinski definition) is 1. The molecule has 0 spiro atoms. The van der Waals surface area contributed by atoms with Crippen molar-refractivity contribution in [2.45, 2.75) is 6.54 Å². The fourth-order valence-electron chi connectivity index (χ4n) is 4.51. The fourth-order valence-corrected chi connectivity index (χ4v) is 4.51. The molecule has 2 heterocycles. The Balaban J connectivity index is 1.73. The van der Waals surface area contributed by atoms with E-state index in [0.717, 1.165) is 17.2 Å². The Kier molecular flexibility index (Phi) is 6.92. The Labute approximate surface area is 223 Å². The van der Waals surface area contributed by atoms with Crippen LogP contribution in [-0.4, -0.2) is 22.5 Å². The van der Waals surface area contributed by atoms with E-state index in [1.165, 1.54) is 19.2 Å². The van der Waals surface area contributed by atoms with E-state index in [1.807, 2.05) is 65.2 Å². The van der Waals surface area contributed by atoms with Crippen molar-refractivity contribution in [3.63, 3.8) is 0 Å². The van der Waals surface area contributed by atoms with Gasteiger partial charge in [-0.1, -0.05) is 60.7 Å². The molecule has 3 aromatic carbocycles. The van der Waals surface area contributed by atoms with Crippen LogP contribution in [0.25, 0.3) is 22.4 Å². The molecule has 0 aliphatic rings. The molecule has 2 aromatic heterocycles. The summed E-state index contributed by atoms with van der Waals surface area (Å²) in [6.07, 6.45) is 1.55. The van der Waals surface area contributed by atoms with Gasteiger partial charge >= 0.3 is 5.69 Å². The Bertz CT molecular complexity index is 1690. The smallest absolute Gasteiger partial charge is 0.311 e. The number of hydrogen-bond acceptors (Lipinski definition) is 6. The number of aromatic nitrogens is 1. The molecule has 5 rings (SSSR count). The number of rotatable bonds is 8. The van der Waals surface area contributed by atoms with Crippen LogP contribution in [0, 0.1) is 21.4 Å². The molecule has 5 aromatic rings. The highest BCUT2D eigenvalue weighted by Crippen LogP contribution is 2.42. The predicted octanol–water partition coefficient (Wildman–Crippen LogP) is 6.50. The van der Waals surface area contributed by atoms with Gasteiger partial charge < -0.3 is 19.0 Å². The molecule has 0 radical (unpaired) electrons. The van der Waals surface area contributed by atoms with E-state index in [1.54, 1.807) is 18.4 Å². The number of ether oxygens (including phenoxy) is 1. The average molecular weight is 519 g/mol. The van der Waals surface area contributed by atoms with E-state index in [2.05, 4.69) is 11.4 Å². The van der Waals surface area contributed by atoms with Crippen molar-refractivity contribution in [1.82, 2.24) is 4.57 Å². The van der Waals surface area contributed by atoms with Gasteiger partial charge in [-0.15, -0.1) is 0 Å². The molecular weight excluding hydrogens is 496 g/mol. The summed E-state index contributed by atoms with van der Waals surface area (Å²) in [4.78, 5) is 24.4. The molecule has 0 aliphatic carbocycles. The monoisotopic (exact) mass is 518 g/mol. The summed E-state index contributed by atoms with van der Waals surface area (Å²) in [5.74, 6) is 0.278. The summed E-state index contributed by atoms with van der Waals surface area (Å²) >= 11 is 0. The summed E-state index contributed by atoms with van der Waals surface area (Å²) in [5, 5.41) is 24.8. The first-order valence-corrected chi connectivity index (χ1v) is 12.0. The number of nitro benzene ring substituents is 1. The van der Waals surface area contributed by atoms with Crippen LogP contribution in [0.4, 0.5) is 11.5 Å². The summed E-state index contributed by atoms with van der Waals surface area (Å²) in [5.41, 5.74) is 2.94. The van der Waals surface area contributed by atoms with E-state index in [-0.39, 0.29) is 34.9 Å². The quantitative estimate of drug-likeness (QED) is 0.185. The summed E-state index contributed by atoms with van der Waals surface area (Å²) in [6, 6.07) is 28.8. The fraction of sp³-hybridized carbons (Fsp3) is 0.0667. The second-order valence-corrected chi connectivity index (χ2v) is 8.55. The minimum Gasteiger partial charge on any atom is -0.490 e. The number of nitriles is 1. The summed E-state index contributed by atoms with van der Waals surface area (Å²) in [6.45, 7) is 0.219. The van der Waals surface area contributed by atoms with Crippen molar-refractivity contribution >= 4 is 17.4 Å². The van der Waals surface area contributed by atoms with Gasteiger partial charge in [-0.25, -0.2) is 0 Å². The molecule has 39 heavy (non-hydrogen) atoms. The zero-order chi connectivity index (χ0) is 27.4. The normalized spacial score (nSPS) is 10.6. The van der Waals surface area contributed by atoms with Gasteiger partial charge in [-0.05, 0) is 35.4 Å². The van der Waals surface area contributed by atoms with Crippen LogP contribution >= 0.6 is 0 Å². The van der Waals surface area contributed by atoms with Gasteiger partial charge in [0.2, 0.25) is 0 Å². The molecule has 1 N–H and O–H groups in total. The molecular formula is C30H22N4O5. The number of nitrogens with zero attached hydrogens (tertiary/aromatic N) is 3. The third-order valence-corrected chi connectivity index (χ3v) is 6.25. The van der Waals surface area contributed by atoms with Gasteiger partial charge in [0.25, 0.3) is 5.91 Å². The molecule has 1 amide bonds. The third kappa shape index (κ3) is 4.86. The Hall–Kier alpha value is -5.62. The Morgan fingerprint density at radius 1 is 1.03 bits per heavy atom. The van der Waals surface area contributed by atoms with Gasteiger partial charge in [-0.3, -0.25) is 14.9 Å². The van der Waals surface area contributed by atoms with E-state index < -0.39 is 10.8 Å². The van der Waals surface area contributed by atoms with Gasteiger partial charge in [0, 0.05) is 17.2 Å². The molecule has 192 valence electrons. The molecule has 0 unspecified atom stereocenters. The van der Waals surface area contributed by atoms with Gasteiger partial charge in [-0.2, -0.15) is 5.26 Å². The van der Waals surface area contributed by atoms with E-state index in [4.69, 9.17) is 9.15 Å². The first kappa shape index (κ1) is 25.0. The maximum atomic E-state index is 13.5. The zero-order valence-corrected chi connectivity index (χ0v) is 20.8. The summed E-state index contributed by atoms with van der Waals surface area (Å²) < 4.78 is 12.5. The molecule has 0 bridgehead atoms. The molecule has 9 heteroatoms. The van der Waals surface area contributed by atoms with Crippen molar-refractivity contribution in [2.24, 2.45) is 0 Å². The van der Waals surface area contributed by atoms with Gasteiger partial charge in [0.05, 0.1) is 30.5 Å². The third-order valence-electron chi connectivity index (χ3n) is 6.25. The molecule has 0 saturated heterocycles. The highest BCUT2D eigenvalue weighted by Gasteiger charge is 2.28. The van der Waals surface area contributed by atoms with Crippen LogP contribution in [0.5, 0.6) is 5.75 Å². The number of nitrogens with one attached hydrogen (secondary N) is 1. The maximum absolute atomic E-state index is 13.5. The van der Waals surface area contributed by atoms with E-state index in [9.17, 15) is 20.2 Å². The number of carbonyl (C=O) groups is 1. The number of anilines is 1.